The van der Waals surface area contributed by atoms with Gasteiger partial charge in [0.15, 0.2) is 5.96 Å². The number of thiazole rings is 1. The molecule has 1 heterocycles. The third-order valence-corrected chi connectivity index (χ3v) is 4.82. The first-order valence-electron chi connectivity index (χ1n) is 9.14. The highest BCUT2D eigenvalue weighted by Crippen LogP contribution is 2.16. The zero-order valence-electron chi connectivity index (χ0n) is 16.4. The molecule has 1 aromatic carbocycles. The number of hydrogen-bond donors (Lipinski definition) is 2. The van der Waals surface area contributed by atoms with Crippen LogP contribution in [0.3, 0.4) is 0 Å². The summed E-state index contributed by atoms with van der Waals surface area (Å²) in [5, 5.41) is 7.71. The molecule has 26 heavy (non-hydrogen) atoms. The maximum atomic E-state index is 5.72. The molecule has 0 atom stereocenters. The fraction of sp³-hybridized carbons (Fsp3) is 0.500. The second kappa shape index (κ2) is 10.2. The van der Waals surface area contributed by atoms with Crippen LogP contribution in [0.2, 0.25) is 0 Å². The van der Waals surface area contributed by atoms with Crippen molar-refractivity contribution in [2.75, 3.05) is 13.2 Å². The van der Waals surface area contributed by atoms with Crippen molar-refractivity contribution in [3.05, 3.63) is 45.4 Å². The van der Waals surface area contributed by atoms with Gasteiger partial charge in [-0.1, -0.05) is 26.0 Å². The van der Waals surface area contributed by atoms with Gasteiger partial charge in [0.1, 0.15) is 10.8 Å². The predicted molar refractivity (Wildman–Crippen MR) is 110 cm³/mol. The monoisotopic (exact) mass is 374 g/mol. The largest absolute Gasteiger partial charge is 0.493 e. The molecule has 0 aliphatic heterocycles. The average Bonchev–Trinajstić information content (AvgIpc) is 2.94. The highest BCUT2D eigenvalue weighted by atomic mass is 32.1. The highest BCUT2D eigenvalue weighted by Gasteiger charge is 2.05. The molecule has 2 N–H and O–H groups in total. The van der Waals surface area contributed by atoms with E-state index in [1.165, 1.54) is 4.88 Å². The normalized spacial score (nSPS) is 11.7. The van der Waals surface area contributed by atoms with Crippen LogP contribution in [0, 0.1) is 19.8 Å². The van der Waals surface area contributed by atoms with E-state index in [1.807, 2.05) is 19.1 Å². The summed E-state index contributed by atoms with van der Waals surface area (Å²) in [6.45, 7) is 13.4. The number of rotatable bonds is 8. The fourth-order valence-corrected chi connectivity index (χ4v) is 3.11. The van der Waals surface area contributed by atoms with Crippen LogP contribution in [0.25, 0.3) is 0 Å². The van der Waals surface area contributed by atoms with E-state index in [4.69, 9.17) is 4.74 Å². The molecule has 0 saturated carbocycles. The Morgan fingerprint density at radius 1 is 1.19 bits per heavy atom. The van der Waals surface area contributed by atoms with E-state index in [9.17, 15) is 0 Å². The summed E-state index contributed by atoms with van der Waals surface area (Å²) in [6.07, 6.45) is 0. The van der Waals surface area contributed by atoms with Crippen molar-refractivity contribution in [1.29, 1.82) is 0 Å². The van der Waals surface area contributed by atoms with Crippen LogP contribution in [-0.2, 0) is 13.1 Å². The lowest BCUT2D eigenvalue weighted by molar-refractivity contribution is 0.271. The lowest BCUT2D eigenvalue weighted by Gasteiger charge is -2.11. The van der Waals surface area contributed by atoms with Gasteiger partial charge >= 0.3 is 0 Å². The maximum absolute atomic E-state index is 5.72. The third-order valence-electron chi connectivity index (χ3n) is 3.75. The van der Waals surface area contributed by atoms with E-state index in [-0.39, 0.29) is 0 Å². The van der Waals surface area contributed by atoms with Gasteiger partial charge in [-0.3, -0.25) is 0 Å². The van der Waals surface area contributed by atoms with Gasteiger partial charge in [-0.25, -0.2) is 9.98 Å². The highest BCUT2D eigenvalue weighted by molar-refractivity contribution is 7.11. The molecule has 0 aliphatic rings. The number of hydrogen-bond acceptors (Lipinski definition) is 4. The number of ether oxygens (including phenoxy) is 1. The number of nitrogens with zero attached hydrogens (tertiary/aromatic N) is 2. The minimum absolute atomic E-state index is 0.526. The van der Waals surface area contributed by atoms with Crippen LogP contribution in [0.15, 0.2) is 29.3 Å². The van der Waals surface area contributed by atoms with Gasteiger partial charge in [-0.15, -0.1) is 11.3 Å². The molecule has 0 spiro atoms. The van der Waals surface area contributed by atoms with Crippen LogP contribution in [0.1, 0.15) is 41.9 Å². The van der Waals surface area contributed by atoms with E-state index < -0.39 is 0 Å². The number of aliphatic imine (C=N–C) groups is 1. The summed E-state index contributed by atoms with van der Waals surface area (Å²) in [5.74, 6) is 2.24. The minimum Gasteiger partial charge on any atom is -0.493 e. The Balaban J connectivity index is 1.91. The lowest BCUT2D eigenvalue weighted by Crippen LogP contribution is -2.36. The molecule has 0 bridgehead atoms. The molecule has 0 fully saturated rings. The van der Waals surface area contributed by atoms with Crippen LogP contribution >= 0.6 is 11.3 Å². The first-order valence-corrected chi connectivity index (χ1v) is 9.96. The van der Waals surface area contributed by atoms with E-state index >= 15 is 0 Å². The van der Waals surface area contributed by atoms with E-state index in [0.29, 0.717) is 19.0 Å². The van der Waals surface area contributed by atoms with Crippen LogP contribution in [0.5, 0.6) is 5.75 Å². The van der Waals surface area contributed by atoms with Crippen LogP contribution < -0.4 is 15.4 Å². The van der Waals surface area contributed by atoms with Crippen molar-refractivity contribution in [3.8, 4) is 5.75 Å². The molecule has 0 aliphatic carbocycles. The number of aromatic nitrogens is 1. The second-order valence-corrected chi connectivity index (χ2v) is 7.93. The maximum Gasteiger partial charge on any atom is 0.191 e. The number of benzene rings is 1. The molecule has 0 unspecified atom stereocenters. The average molecular weight is 375 g/mol. The van der Waals surface area contributed by atoms with Gasteiger partial charge in [0.25, 0.3) is 0 Å². The summed E-state index contributed by atoms with van der Waals surface area (Å²) in [4.78, 5) is 10.5. The van der Waals surface area contributed by atoms with Crippen molar-refractivity contribution in [3.63, 3.8) is 0 Å². The topological polar surface area (TPSA) is 58.5 Å². The van der Waals surface area contributed by atoms with E-state index in [0.717, 1.165) is 41.1 Å². The quantitative estimate of drug-likeness (QED) is 0.541. The van der Waals surface area contributed by atoms with Gasteiger partial charge in [-0.2, -0.15) is 0 Å². The molecule has 6 heteroatoms. The van der Waals surface area contributed by atoms with Gasteiger partial charge < -0.3 is 15.4 Å². The molecular weight excluding hydrogens is 344 g/mol. The minimum atomic E-state index is 0.526. The first kappa shape index (κ1) is 20.2. The Morgan fingerprint density at radius 3 is 2.50 bits per heavy atom. The molecule has 5 nitrogen and oxygen atoms in total. The number of guanidine groups is 1. The summed E-state index contributed by atoms with van der Waals surface area (Å²) >= 11 is 1.73. The third kappa shape index (κ3) is 6.67. The predicted octanol–water partition coefficient (Wildman–Crippen LogP) is 4.05. The van der Waals surface area contributed by atoms with Gasteiger partial charge in [0.2, 0.25) is 0 Å². The van der Waals surface area contributed by atoms with Gasteiger partial charge in [-0.05, 0) is 44.4 Å². The molecule has 0 saturated heterocycles. The molecule has 2 rings (SSSR count). The first-order chi connectivity index (χ1) is 12.5. The van der Waals surface area contributed by atoms with Crippen molar-refractivity contribution < 1.29 is 4.74 Å². The lowest BCUT2D eigenvalue weighted by atomic mass is 10.2. The molecular formula is C20H30N4OS. The summed E-state index contributed by atoms with van der Waals surface area (Å²) in [7, 11) is 0. The Kier molecular flexibility index (Phi) is 7.91. The van der Waals surface area contributed by atoms with Crippen molar-refractivity contribution in [2.24, 2.45) is 10.9 Å². The van der Waals surface area contributed by atoms with Gasteiger partial charge in [0.05, 0.1) is 25.4 Å². The van der Waals surface area contributed by atoms with Crippen molar-refractivity contribution >= 4 is 17.3 Å². The summed E-state index contributed by atoms with van der Waals surface area (Å²) in [6, 6.07) is 8.15. The summed E-state index contributed by atoms with van der Waals surface area (Å²) < 4.78 is 5.72. The van der Waals surface area contributed by atoms with E-state index in [1.54, 1.807) is 11.3 Å². The van der Waals surface area contributed by atoms with Crippen molar-refractivity contribution in [1.82, 2.24) is 15.6 Å². The zero-order chi connectivity index (χ0) is 18.9. The molecule has 142 valence electrons. The molecule has 0 amide bonds. The van der Waals surface area contributed by atoms with E-state index in [2.05, 4.69) is 60.4 Å². The van der Waals surface area contributed by atoms with Crippen molar-refractivity contribution in [2.45, 2.75) is 47.7 Å². The fourth-order valence-electron chi connectivity index (χ4n) is 2.24. The zero-order valence-corrected chi connectivity index (χ0v) is 17.2. The molecule has 2 aromatic rings. The SMILES string of the molecule is CCNC(=NCc1ccc(OCC(C)C)cc1)NCc1nc(C)c(C)s1. The Morgan fingerprint density at radius 2 is 1.92 bits per heavy atom. The summed E-state index contributed by atoms with van der Waals surface area (Å²) in [5.41, 5.74) is 2.26. The number of nitrogens with one attached hydrogen (secondary N) is 2. The Labute approximate surface area is 160 Å². The smallest absolute Gasteiger partial charge is 0.191 e. The Bertz CT molecular complexity index is 688. The van der Waals surface area contributed by atoms with Crippen LogP contribution in [0.4, 0.5) is 0 Å². The molecule has 1 aromatic heterocycles. The molecule has 0 radical (unpaired) electrons. The second-order valence-electron chi connectivity index (χ2n) is 6.65. The number of aryl methyl sites for hydroxylation is 2. The van der Waals surface area contributed by atoms with Crippen LogP contribution in [-0.4, -0.2) is 24.1 Å². The van der Waals surface area contributed by atoms with Gasteiger partial charge in [0, 0.05) is 11.4 Å². The Hall–Kier alpha value is -2.08. The standard InChI is InChI=1S/C20H30N4OS/c1-6-21-20(23-12-19-24-15(4)16(5)26-19)22-11-17-7-9-18(10-8-17)25-13-14(2)3/h7-10,14H,6,11-13H2,1-5H3,(H2,21,22,23).